The van der Waals surface area contributed by atoms with E-state index in [1.165, 1.54) is 13.1 Å². The molecule has 0 atom stereocenters. The minimum absolute atomic E-state index is 0.0486. The van der Waals surface area contributed by atoms with Crippen molar-refractivity contribution in [2.24, 2.45) is 10.7 Å². The van der Waals surface area contributed by atoms with Gasteiger partial charge in [0.05, 0.1) is 0 Å². The molecule has 0 fully saturated rings. The quantitative estimate of drug-likeness (QED) is 0.400. The second-order valence-corrected chi connectivity index (χ2v) is 1.25. The van der Waals surface area contributed by atoms with Crippen molar-refractivity contribution in [3.05, 3.63) is 11.9 Å². The Morgan fingerprint density at radius 3 is 2.38 bits per heavy atom. The van der Waals surface area contributed by atoms with Crippen molar-refractivity contribution in [3.63, 3.8) is 0 Å². The first-order valence-corrected chi connectivity index (χ1v) is 2.26. The van der Waals surface area contributed by atoms with Crippen molar-refractivity contribution in [2.75, 3.05) is 7.05 Å². The van der Waals surface area contributed by atoms with Crippen LogP contribution in [0.4, 0.5) is 4.39 Å². The number of halogens is 1. The number of hydrogen-bond donors (Lipinski definition) is 1. The molecule has 2 N–H and O–H groups in total. The van der Waals surface area contributed by atoms with Crippen molar-refractivity contribution in [3.8, 4) is 0 Å². The van der Waals surface area contributed by atoms with Gasteiger partial charge < -0.3 is 5.73 Å². The normalized spacial score (nSPS) is 14.4. The number of nitrogens with two attached hydrogens (primary N) is 1. The van der Waals surface area contributed by atoms with Crippen molar-refractivity contribution < 1.29 is 4.39 Å². The fourth-order valence-corrected chi connectivity index (χ4v) is 0.255. The van der Waals surface area contributed by atoms with Crippen molar-refractivity contribution >= 4 is 5.84 Å². The topological polar surface area (TPSA) is 38.4 Å². The van der Waals surface area contributed by atoms with Gasteiger partial charge in [0.25, 0.3) is 0 Å². The third-order valence-corrected chi connectivity index (χ3v) is 0.739. The maximum absolute atomic E-state index is 12.1. The van der Waals surface area contributed by atoms with Crippen LogP contribution in [-0.2, 0) is 0 Å². The van der Waals surface area contributed by atoms with Gasteiger partial charge in [-0.1, -0.05) is 0 Å². The molecule has 8 heavy (non-hydrogen) atoms. The Balaban J connectivity index is 4.04. The number of aliphatic imine (C=N–C) groups is 1. The lowest BCUT2D eigenvalue weighted by Gasteiger charge is -1.89. The monoisotopic (exact) mass is 116 g/mol. The van der Waals surface area contributed by atoms with E-state index in [9.17, 15) is 4.39 Å². The SMILES string of the molecule is CC=C(F)C(N)=NC. The standard InChI is InChI=1S/C5H9FN2/c1-3-4(6)5(7)8-2/h3H,1-2H3,(H2,7,8). The van der Waals surface area contributed by atoms with Crippen LogP contribution in [0.1, 0.15) is 6.92 Å². The van der Waals surface area contributed by atoms with Crippen molar-refractivity contribution in [2.45, 2.75) is 6.92 Å². The van der Waals surface area contributed by atoms with Gasteiger partial charge in [0.1, 0.15) is 0 Å². The van der Waals surface area contributed by atoms with Crippen LogP contribution in [0.5, 0.6) is 0 Å². The highest BCUT2D eigenvalue weighted by Gasteiger charge is 1.93. The average Bonchev–Trinajstić information content (AvgIpc) is 1.84. The molecule has 0 aromatic rings. The van der Waals surface area contributed by atoms with E-state index >= 15 is 0 Å². The molecule has 0 aromatic carbocycles. The molecule has 0 aliphatic heterocycles. The lowest BCUT2D eigenvalue weighted by Crippen LogP contribution is -2.11. The van der Waals surface area contributed by atoms with E-state index in [2.05, 4.69) is 4.99 Å². The Hall–Kier alpha value is -0.860. The van der Waals surface area contributed by atoms with Gasteiger partial charge in [-0.25, -0.2) is 4.39 Å². The van der Waals surface area contributed by atoms with Crippen LogP contribution in [0.3, 0.4) is 0 Å². The summed E-state index contributed by atoms with van der Waals surface area (Å²) in [6.45, 7) is 1.56. The molecule has 0 spiro atoms. The first kappa shape index (κ1) is 7.14. The molecule has 0 saturated heterocycles. The summed E-state index contributed by atoms with van der Waals surface area (Å²) >= 11 is 0. The zero-order valence-corrected chi connectivity index (χ0v) is 4.98. The molecule has 0 saturated carbocycles. The van der Waals surface area contributed by atoms with E-state index in [0.717, 1.165) is 0 Å². The van der Waals surface area contributed by atoms with E-state index in [0.29, 0.717) is 0 Å². The predicted molar refractivity (Wildman–Crippen MR) is 32.4 cm³/mol. The molecule has 3 heteroatoms. The highest BCUT2D eigenvalue weighted by molar-refractivity contribution is 5.94. The van der Waals surface area contributed by atoms with Crippen LogP contribution in [0, 0.1) is 0 Å². The zero-order chi connectivity index (χ0) is 6.57. The summed E-state index contributed by atoms with van der Waals surface area (Å²) in [6, 6.07) is 0. The lowest BCUT2D eigenvalue weighted by atomic mass is 10.5. The number of nitrogens with zero attached hydrogens (tertiary/aromatic N) is 1. The number of allylic oxidation sites excluding steroid dienone is 1. The molecular weight excluding hydrogens is 107 g/mol. The van der Waals surface area contributed by atoms with Gasteiger partial charge in [-0.05, 0) is 13.0 Å². The number of hydrogen-bond acceptors (Lipinski definition) is 1. The molecular formula is C5H9FN2. The van der Waals surface area contributed by atoms with E-state index in [1.54, 1.807) is 6.92 Å². The first-order valence-electron chi connectivity index (χ1n) is 2.26. The van der Waals surface area contributed by atoms with Gasteiger partial charge in [0.2, 0.25) is 0 Å². The third-order valence-electron chi connectivity index (χ3n) is 0.739. The van der Waals surface area contributed by atoms with Gasteiger partial charge >= 0.3 is 0 Å². The second-order valence-electron chi connectivity index (χ2n) is 1.25. The molecule has 0 amide bonds. The predicted octanol–water partition coefficient (Wildman–Crippen LogP) is 0.847. The molecule has 0 heterocycles. The summed E-state index contributed by atoms with van der Waals surface area (Å²) in [5.74, 6) is -0.514. The highest BCUT2D eigenvalue weighted by atomic mass is 19.1. The van der Waals surface area contributed by atoms with Crippen LogP contribution in [-0.4, -0.2) is 12.9 Å². The largest absolute Gasteiger partial charge is 0.382 e. The summed E-state index contributed by atoms with van der Waals surface area (Å²) in [5.41, 5.74) is 5.03. The maximum atomic E-state index is 12.1. The van der Waals surface area contributed by atoms with Gasteiger partial charge in [-0.3, -0.25) is 4.99 Å². The van der Waals surface area contributed by atoms with Crippen LogP contribution >= 0.6 is 0 Å². The second kappa shape index (κ2) is 3.18. The fourth-order valence-electron chi connectivity index (χ4n) is 0.255. The van der Waals surface area contributed by atoms with E-state index in [1.807, 2.05) is 0 Å². The first-order chi connectivity index (χ1) is 3.72. The Labute approximate surface area is 47.9 Å². The zero-order valence-electron chi connectivity index (χ0n) is 4.98. The highest BCUT2D eigenvalue weighted by Crippen LogP contribution is 1.92. The molecule has 2 nitrogen and oxygen atoms in total. The summed E-state index contributed by atoms with van der Waals surface area (Å²) in [4.78, 5) is 3.41. The summed E-state index contributed by atoms with van der Waals surface area (Å²) < 4.78 is 12.1. The molecule has 0 aromatic heterocycles. The molecule has 46 valence electrons. The van der Waals surface area contributed by atoms with Crippen LogP contribution < -0.4 is 5.73 Å². The molecule has 0 radical (unpaired) electrons. The maximum Gasteiger partial charge on any atom is 0.160 e. The Morgan fingerprint density at radius 2 is 2.25 bits per heavy atom. The van der Waals surface area contributed by atoms with Gasteiger partial charge in [-0.2, -0.15) is 0 Å². The lowest BCUT2D eigenvalue weighted by molar-refractivity contribution is 0.676. The summed E-state index contributed by atoms with van der Waals surface area (Å²) in [5, 5.41) is 0. The van der Waals surface area contributed by atoms with Crippen molar-refractivity contribution in [1.29, 1.82) is 0 Å². The Kier molecular flexibility index (Phi) is 2.84. The minimum atomic E-state index is -0.465. The van der Waals surface area contributed by atoms with Gasteiger partial charge in [0.15, 0.2) is 11.7 Å². The molecule has 0 aliphatic carbocycles. The average molecular weight is 116 g/mol. The fraction of sp³-hybridized carbons (Fsp3) is 0.400. The Bertz CT molecular complexity index is 110. The molecule has 0 bridgehead atoms. The van der Waals surface area contributed by atoms with E-state index in [4.69, 9.17) is 5.73 Å². The van der Waals surface area contributed by atoms with Crippen LogP contribution in [0.25, 0.3) is 0 Å². The van der Waals surface area contributed by atoms with Crippen LogP contribution in [0.15, 0.2) is 16.9 Å². The third kappa shape index (κ3) is 1.73. The van der Waals surface area contributed by atoms with Gasteiger partial charge in [-0.15, -0.1) is 0 Å². The summed E-state index contributed by atoms with van der Waals surface area (Å²) in [7, 11) is 1.44. The Morgan fingerprint density at radius 1 is 1.75 bits per heavy atom. The van der Waals surface area contributed by atoms with Crippen LogP contribution in [0.2, 0.25) is 0 Å². The molecule has 0 unspecified atom stereocenters. The molecule has 0 aliphatic rings. The minimum Gasteiger partial charge on any atom is -0.382 e. The summed E-state index contributed by atoms with van der Waals surface area (Å²) in [6.07, 6.45) is 1.27. The molecule has 0 rings (SSSR count). The van der Waals surface area contributed by atoms with Gasteiger partial charge in [0, 0.05) is 7.05 Å². The van der Waals surface area contributed by atoms with E-state index in [-0.39, 0.29) is 5.84 Å². The smallest absolute Gasteiger partial charge is 0.160 e. The van der Waals surface area contributed by atoms with Crippen molar-refractivity contribution in [1.82, 2.24) is 0 Å². The van der Waals surface area contributed by atoms with E-state index < -0.39 is 5.83 Å². The number of amidine groups is 1. The number of rotatable bonds is 1.